The van der Waals surface area contributed by atoms with Gasteiger partial charge in [0.05, 0.1) is 18.1 Å². The Morgan fingerprint density at radius 1 is 1.10 bits per heavy atom. The molecule has 0 bridgehead atoms. The fraction of sp³-hybridized carbons (Fsp3) is 0.250. The summed E-state index contributed by atoms with van der Waals surface area (Å²) in [5, 5.41) is 11.8. The van der Waals surface area contributed by atoms with Crippen LogP contribution in [0.15, 0.2) is 42.7 Å². The van der Waals surface area contributed by atoms with Gasteiger partial charge in [-0.3, -0.25) is 0 Å². The summed E-state index contributed by atoms with van der Waals surface area (Å²) in [5.41, 5.74) is 3.43. The first-order valence-corrected chi connectivity index (χ1v) is 7.75. The van der Waals surface area contributed by atoms with E-state index in [0.29, 0.717) is 6.04 Å². The van der Waals surface area contributed by atoms with Crippen LogP contribution in [-0.2, 0) is 0 Å². The molecular formula is C16H18N4S. The van der Waals surface area contributed by atoms with E-state index >= 15 is 0 Å². The van der Waals surface area contributed by atoms with Crippen molar-refractivity contribution in [3.05, 3.63) is 58.0 Å². The van der Waals surface area contributed by atoms with Crippen molar-refractivity contribution >= 4 is 17.0 Å². The molecule has 2 aromatic heterocycles. The summed E-state index contributed by atoms with van der Waals surface area (Å²) in [6, 6.07) is 10.7. The lowest BCUT2D eigenvalue weighted by molar-refractivity contribution is 0.752. The lowest BCUT2D eigenvalue weighted by Crippen LogP contribution is -2.07. The average Bonchev–Trinajstić information content (AvgIpc) is 3.09. The minimum absolute atomic E-state index is 0.295. The number of benzene rings is 1. The highest BCUT2D eigenvalue weighted by Gasteiger charge is 2.11. The third kappa shape index (κ3) is 2.97. The van der Waals surface area contributed by atoms with Crippen molar-refractivity contribution in [2.75, 3.05) is 5.32 Å². The fourth-order valence-corrected chi connectivity index (χ4v) is 3.47. The first kappa shape index (κ1) is 13.8. The van der Waals surface area contributed by atoms with Gasteiger partial charge in [0.1, 0.15) is 0 Å². The molecule has 0 saturated carbocycles. The molecule has 3 aromatic rings. The van der Waals surface area contributed by atoms with Crippen molar-refractivity contribution in [3.63, 3.8) is 0 Å². The van der Waals surface area contributed by atoms with E-state index in [-0.39, 0.29) is 0 Å². The van der Waals surface area contributed by atoms with Gasteiger partial charge in [0.2, 0.25) is 0 Å². The summed E-state index contributed by atoms with van der Waals surface area (Å²) in [5.74, 6) is 0. The zero-order valence-corrected chi connectivity index (χ0v) is 13.2. The predicted octanol–water partition coefficient (Wildman–Crippen LogP) is 4.12. The number of nitrogens with zero attached hydrogens (tertiary/aromatic N) is 3. The maximum atomic E-state index is 4.13. The third-order valence-corrected chi connectivity index (χ3v) is 4.43. The minimum Gasteiger partial charge on any atom is -0.378 e. The van der Waals surface area contributed by atoms with Gasteiger partial charge in [0.25, 0.3) is 0 Å². The van der Waals surface area contributed by atoms with E-state index in [4.69, 9.17) is 0 Å². The molecular weight excluding hydrogens is 280 g/mol. The fourth-order valence-electron chi connectivity index (χ4n) is 2.45. The second-order valence-electron chi connectivity index (χ2n) is 5.10. The van der Waals surface area contributed by atoms with Crippen LogP contribution in [0.1, 0.15) is 28.3 Å². The Morgan fingerprint density at radius 3 is 2.33 bits per heavy atom. The van der Waals surface area contributed by atoms with Gasteiger partial charge in [-0.1, -0.05) is 0 Å². The lowest BCUT2D eigenvalue weighted by atomic mass is 10.1. The number of hydrogen-bond donors (Lipinski definition) is 1. The van der Waals surface area contributed by atoms with Gasteiger partial charge in [-0.15, -0.1) is 11.3 Å². The molecule has 1 N–H and O–H groups in total. The number of rotatable bonds is 4. The highest BCUT2D eigenvalue weighted by molar-refractivity contribution is 7.12. The largest absolute Gasteiger partial charge is 0.378 e. The van der Waals surface area contributed by atoms with E-state index in [1.54, 1.807) is 17.2 Å². The quantitative estimate of drug-likeness (QED) is 0.788. The maximum absolute atomic E-state index is 4.13. The normalized spacial score (nSPS) is 12.3. The molecule has 1 atom stereocenters. The zero-order chi connectivity index (χ0) is 14.8. The van der Waals surface area contributed by atoms with E-state index in [1.165, 1.54) is 15.3 Å². The van der Waals surface area contributed by atoms with Gasteiger partial charge in [-0.05, 0) is 56.7 Å². The van der Waals surface area contributed by atoms with Crippen LogP contribution in [0, 0.1) is 13.8 Å². The molecule has 0 spiro atoms. The highest BCUT2D eigenvalue weighted by Crippen LogP contribution is 2.28. The van der Waals surface area contributed by atoms with Gasteiger partial charge < -0.3 is 5.32 Å². The molecule has 21 heavy (non-hydrogen) atoms. The Hall–Kier alpha value is -2.14. The third-order valence-electron chi connectivity index (χ3n) is 3.45. The molecule has 0 aliphatic rings. The van der Waals surface area contributed by atoms with E-state index in [1.807, 2.05) is 23.5 Å². The molecule has 108 valence electrons. The summed E-state index contributed by atoms with van der Waals surface area (Å²) < 4.78 is 0. The summed E-state index contributed by atoms with van der Waals surface area (Å²) in [4.78, 5) is 4.35. The lowest BCUT2D eigenvalue weighted by Gasteiger charge is -2.15. The van der Waals surface area contributed by atoms with Gasteiger partial charge in [-0.2, -0.15) is 15.0 Å². The van der Waals surface area contributed by atoms with Crippen LogP contribution in [-0.4, -0.2) is 15.0 Å². The Morgan fingerprint density at radius 2 is 1.76 bits per heavy atom. The van der Waals surface area contributed by atoms with Crippen LogP contribution in [0.4, 0.5) is 5.69 Å². The Balaban J connectivity index is 1.74. The Kier molecular flexibility index (Phi) is 3.75. The molecule has 0 fully saturated rings. The standard InChI is InChI=1S/C16H18N4S/c1-11-10-16(13(3)21-11)12(2)19-14-4-6-15(7-5-14)20-17-8-9-18-20/h4-10,12,19H,1-3H3. The highest BCUT2D eigenvalue weighted by atomic mass is 32.1. The molecule has 0 saturated heterocycles. The second-order valence-corrected chi connectivity index (χ2v) is 6.56. The molecule has 0 amide bonds. The summed E-state index contributed by atoms with van der Waals surface area (Å²) in [6.07, 6.45) is 3.35. The van der Waals surface area contributed by atoms with Crippen LogP contribution >= 0.6 is 11.3 Å². The number of aryl methyl sites for hydroxylation is 2. The molecule has 0 radical (unpaired) electrons. The number of thiophene rings is 1. The van der Waals surface area contributed by atoms with Crippen molar-refractivity contribution < 1.29 is 0 Å². The van der Waals surface area contributed by atoms with Crippen molar-refractivity contribution in [1.29, 1.82) is 0 Å². The first-order valence-electron chi connectivity index (χ1n) is 6.94. The maximum Gasteiger partial charge on any atom is 0.0858 e. The predicted molar refractivity (Wildman–Crippen MR) is 87.2 cm³/mol. The van der Waals surface area contributed by atoms with Crippen LogP contribution in [0.2, 0.25) is 0 Å². The first-order chi connectivity index (χ1) is 10.1. The average molecular weight is 298 g/mol. The van der Waals surface area contributed by atoms with Gasteiger partial charge in [0, 0.05) is 21.5 Å². The monoisotopic (exact) mass is 298 g/mol. The van der Waals surface area contributed by atoms with Crippen LogP contribution in [0.25, 0.3) is 5.69 Å². The number of nitrogens with one attached hydrogen (secondary N) is 1. The van der Waals surface area contributed by atoms with Gasteiger partial charge in [-0.25, -0.2) is 0 Å². The van der Waals surface area contributed by atoms with E-state index in [0.717, 1.165) is 11.4 Å². The number of aromatic nitrogens is 3. The minimum atomic E-state index is 0.295. The van der Waals surface area contributed by atoms with E-state index < -0.39 is 0 Å². The van der Waals surface area contributed by atoms with Crippen LogP contribution in [0.5, 0.6) is 0 Å². The summed E-state index contributed by atoms with van der Waals surface area (Å²) in [6.45, 7) is 6.52. The van der Waals surface area contributed by atoms with E-state index in [9.17, 15) is 0 Å². The summed E-state index contributed by atoms with van der Waals surface area (Å²) >= 11 is 1.85. The van der Waals surface area contributed by atoms with Crippen LogP contribution in [0.3, 0.4) is 0 Å². The van der Waals surface area contributed by atoms with Crippen molar-refractivity contribution in [2.45, 2.75) is 26.8 Å². The van der Waals surface area contributed by atoms with Gasteiger partial charge in [0.15, 0.2) is 0 Å². The zero-order valence-electron chi connectivity index (χ0n) is 12.4. The number of anilines is 1. The van der Waals surface area contributed by atoms with E-state index in [2.05, 4.69) is 54.5 Å². The van der Waals surface area contributed by atoms with Crippen molar-refractivity contribution in [2.24, 2.45) is 0 Å². The van der Waals surface area contributed by atoms with Crippen molar-refractivity contribution in [1.82, 2.24) is 15.0 Å². The second kappa shape index (κ2) is 5.69. The molecule has 1 aromatic carbocycles. The van der Waals surface area contributed by atoms with Crippen LogP contribution < -0.4 is 5.32 Å². The SMILES string of the molecule is Cc1cc(C(C)Nc2ccc(-n3nccn3)cc2)c(C)s1. The molecule has 3 rings (SSSR count). The Labute approximate surface area is 128 Å². The summed E-state index contributed by atoms with van der Waals surface area (Å²) in [7, 11) is 0. The molecule has 2 heterocycles. The van der Waals surface area contributed by atoms with Crippen molar-refractivity contribution in [3.8, 4) is 5.69 Å². The smallest absolute Gasteiger partial charge is 0.0858 e. The number of hydrogen-bond acceptors (Lipinski definition) is 4. The molecule has 4 nitrogen and oxygen atoms in total. The molecule has 0 aliphatic heterocycles. The molecule has 5 heteroatoms. The molecule has 1 unspecified atom stereocenters. The van der Waals surface area contributed by atoms with Gasteiger partial charge >= 0.3 is 0 Å². The topological polar surface area (TPSA) is 42.7 Å². The molecule has 0 aliphatic carbocycles. The Bertz CT molecular complexity index is 713.